The number of fused-ring (bicyclic) bond motifs is 4. The second-order valence-corrected chi connectivity index (χ2v) is 16.2. The van der Waals surface area contributed by atoms with E-state index in [1.165, 1.54) is 59.0 Å². The molecular formula is C40H46N3PS. The van der Waals surface area contributed by atoms with E-state index in [1.54, 1.807) is 0 Å². The highest BCUT2D eigenvalue weighted by Crippen LogP contribution is 2.51. The monoisotopic (exact) mass is 631 g/mol. The molecule has 0 aromatic heterocycles. The first-order chi connectivity index (χ1) is 22.1. The molecule has 7 unspecified atom stereocenters. The molecule has 8 atom stereocenters. The number of nitrogens with one attached hydrogen (secondary N) is 2. The first kappa shape index (κ1) is 30.6. The molecule has 1 saturated carbocycles. The summed E-state index contributed by atoms with van der Waals surface area (Å²) in [5, 5.41) is 14.2. The second kappa shape index (κ2) is 13.8. The fourth-order valence-electron chi connectivity index (χ4n) is 8.71. The maximum absolute atomic E-state index is 6.21. The van der Waals surface area contributed by atoms with E-state index < -0.39 is 7.92 Å². The van der Waals surface area contributed by atoms with Crippen LogP contribution < -0.4 is 21.2 Å². The topological polar surface area (TPSA) is 27.3 Å². The molecule has 5 heteroatoms. The van der Waals surface area contributed by atoms with Crippen LogP contribution in [0.1, 0.15) is 50.6 Å². The van der Waals surface area contributed by atoms with Gasteiger partial charge < -0.3 is 10.6 Å². The zero-order valence-electron chi connectivity index (χ0n) is 26.4. The van der Waals surface area contributed by atoms with Gasteiger partial charge >= 0.3 is 0 Å². The van der Waals surface area contributed by atoms with Gasteiger partial charge in [-0.25, -0.2) is 0 Å². The predicted molar refractivity (Wildman–Crippen MR) is 197 cm³/mol. The molecule has 8 rings (SSSR count). The van der Waals surface area contributed by atoms with Crippen molar-refractivity contribution in [2.45, 2.75) is 62.8 Å². The average Bonchev–Trinajstić information content (AvgIpc) is 3.58. The summed E-state index contributed by atoms with van der Waals surface area (Å²) in [6.45, 7) is 8.81. The number of hydrogen-bond donors (Lipinski definition) is 2. The third-order valence-corrected chi connectivity index (χ3v) is 14.2. The van der Waals surface area contributed by atoms with E-state index in [9.17, 15) is 0 Å². The minimum Gasteiger partial charge on any atom is -0.360 e. The molecule has 4 aromatic carbocycles. The summed E-state index contributed by atoms with van der Waals surface area (Å²) in [7, 11) is -0.460. The zero-order chi connectivity index (χ0) is 30.8. The van der Waals surface area contributed by atoms with Crippen LogP contribution in [0.5, 0.6) is 0 Å². The molecule has 2 bridgehead atoms. The number of rotatable bonds is 9. The van der Waals surface area contributed by atoms with Crippen molar-refractivity contribution in [3.05, 3.63) is 121 Å². The molecule has 3 nitrogen and oxygen atoms in total. The van der Waals surface area contributed by atoms with Gasteiger partial charge in [-0.1, -0.05) is 116 Å². The van der Waals surface area contributed by atoms with Crippen LogP contribution in [0.2, 0.25) is 0 Å². The molecule has 0 radical (unpaired) electrons. The van der Waals surface area contributed by atoms with Crippen molar-refractivity contribution in [2.24, 2.45) is 17.8 Å². The maximum atomic E-state index is 6.21. The van der Waals surface area contributed by atoms with Gasteiger partial charge in [-0.3, -0.25) is 4.90 Å². The first-order valence-corrected chi connectivity index (χ1v) is 18.7. The van der Waals surface area contributed by atoms with Crippen molar-refractivity contribution in [1.29, 1.82) is 0 Å². The highest BCUT2D eigenvalue weighted by atomic mass is 32.1. The van der Waals surface area contributed by atoms with E-state index in [2.05, 4.69) is 138 Å². The fourth-order valence-corrected chi connectivity index (χ4v) is 12.3. The Morgan fingerprint density at radius 1 is 0.867 bits per heavy atom. The van der Waals surface area contributed by atoms with Gasteiger partial charge in [-0.15, -0.1) is 6.58 Å². The average molecular weight is 632 g/mol. The Labute approximate surface area is 276 Å². The van der Waals surface area contributed by atoms with Crippen molar-refractivity contribution < 1.29 is 0 Å². The molecule has 2 N–H and O–H groups in total. The fraction of sp³-hybridized carbons (Fsp3) is 0.375. The standard InChI is InChI=1S/C40H46N3PS/c1-3-29-27-43-25-24-31(29)26-37(43)39(36-22-12-15-30-14-10-11-20-35(30)36)42-40(45)41-28(2)34-21-13-23-38(34)44(32-16-6-4-7-17-32)33-18-8-5-9-19-33/h3-12,14-20,22,28-29,31,34,37-39H,1,13,21,23-27H2,2H3,(H2,41,42,45)/t28-,29?,31?,34?,37?,38?,39?/m1/s1. The third kappa shape index (κ3) is 6.35. The Balaban J connectivity index is 1.14. The van der Waals surface area contributed by atoms with Crippen molar-refractivity contribution in [3.8, 4) is 0 Å². The van der Waals surface area contributed by atoms with Gasteiger partial charge in [-0.2, -0.15) is 0 Å². The number of thiocarbonyl (C=S) groups is 1. The van der Waals surface area contributed by atoms with Gasteiger partial charge in [-0.05, 0) is 110 Å². The summed E-state index contributed by atoms with van der Waals surface area (Å²) in [4.78, 5) is 2.71. The van der Waals surface area contributed by atoms with Gasteiger partial charge in [0, 0.05) is 18.6 Å². The van der Waals surface area contributed by atoms with Gasteiger partial charge in [0.15, 0.2) is 5.11 Å². The molecule has 3 saturated heterocycles. The smallest absolute Gasteiger partial charge is 0.167 e. The molecular weight excluding hydrogens is 586 g/mol. The lowest BCUT2D eigenvalue weighted by Crippen LogP contribution is -2.58. The molecule has 3 heterocycles. The number of piperidine rings is 3. The first-order valence-electron chi connectivity index (χ1n) is 16.9. The minimum absolute atomic E-state index is 0.127. The lowest BCUT2D eigenvalue weighted by atomic mass is 9.73. The van der Waals surface area contributed by atoms with Crippen LogP contribution in [0.4, 0.5) is 0 Å². The summed E-state index contributed by atoms with van der Waals surface area (Å²) >= 11 is 6.21. The SMILES string of the molecule is C=CC1CN2CCC1CC2C(NC(=S)N[C@H](C)C1CCCC1P(c1ccccc1)c1ccccc1)c1cccc2ccccc12. The number of hydrogen-bond acceptors (Lipinski definition) is 2. The summed E-state index contributed by atoms with van der Waals surface area (Å²) in [5.74, 6) is 1.86. The minimum atomic E-state index is -0.460. The number of nitrogens with zero attached hydrogens (tertiary/aromatic N) is 1. The van der Waals surface area contributed by atoms with E-state index in [4.69, 9.17) is 12.2 Å². The van der Waals surface area contributed by atoms with Crippen LogP contribution in [-0.4, -0.2) is 40.8 Å². The molecule has 232 valence electrons. The van der Waals surface area contributed by atoms with Crippen LogP contribution >= 0.6 is 20.1 Å². The van der Waals surface area contributed by atoms with E-state index in [0.29, 0.717) is 29.5 Å². The number of benzene rings is 4. The largest absolute Gasteiger partial charge is 0.360 e. The Kier molecular flexibility index (Phi) is 9.35. The van der Waals surface area contributed by atoms with Crippen LogP contribution in [0, 0.1) is 17.8 Å². The summed E-state index contributed by atoms with van der Waals surface area (Å²) in [6, 6.07) is 38.9. The van der Waals surface area contributed by atoms with Gasteiger partial charge in [0.2, 0.25) is 0 Å². The molecule has 0 spiro atoms. The summed E-state index contributed by atoms with van der Waals surface area (Å²) in [5.41, 5.74) is 1.98. The van der Waals surface area contributed by atoms with Crippen molar-refractivity contribution in [3.63, 3.8) is 0 Å². The normalized spacial score (nSPS) is 27.2. The van der Waals surface area contributed by atoms with Crippen molar-refractivity contribution in [2.75, 3.05) is 13.1 Å². The highest BCUT2D eigenvalue weighted by molar-refractivity contribution is 7.80. The Hall–Kier alpha value is -3.04. The van der Waals surface area contributed by atoms with Crippen LogP contribution in [0.25, 0.3) is 10.8 Å². The lowest BCUT2D eigenvalue weighted by Gasteiger charge is -2.52. The van der Waals surface area contributed by atoms with E-state index >= 15 is 0 Å². The lowest BCUT2D eigenvalue weighted by molar-refractivity contribution is 0.00427. The van der Waals surface area contributed by atoms with Gasteiger partial charge in [0.05, 0.1) is 6.04 Å². The van der Waals surface area contributed by atoms with Crippen LogP contribution in [0.15, 0.2) is 116 Å². The van der Waals surface area contributed by atoms with Crippen molar-refractivity contribution >= 4 is 46.6 Å². The molecule has 4 fully saturated rings. The van der Waals surface area contributed by atoms with Gasteiger partial charge in [0.25, 0.3) is 0 Å². The third-order valence-electron chi connectivity index (χ3n) is 10.9. The van der Waals surface area contributed by atoms with Crippen LogP contribution in [-0.2, 0) is 0 Å². The van der Waals surface area contributed by atoms with Crippen molar-refractivity contribution in [1.82, 2.24) is 15.5 Å². The molecule has 4 aromatic rings. The predicted octanol–water partition coefficient (Wildman–Crippen LogP) is 7.93. The Morgan fingerprint density at radius 2 is 1.56 bits per heavy atom. The summed E-state index contributed by atoms with van der Waals surface area (Å²) < 4.78 is 0. The molecule has 3 aliphatic heterocycles. The summed E-state index contributed by atoms with van der Waals surface area (Å²) in [6.07, 6.45) is 8.44. The Morgan fingerprint density at radius 3 is 2.24 bits per heavy atom. The molecule has 1 aliphatic carbocycles. The quantitative estimate of drug-likeness (QED) is 0.112. The Bertz CT molecular complexity index is 1570. The maximum Gasteiger partial charge on any atom is 0.167 e. The molecule has 45 heavy (non-hydrogen) atoms. The second-order valence-electron chi connectivity index (χ2n) is 13.4. The molecule has 4 aliphatic rings. The molecule has 0 amide bonds. The highest BCUT2D eigenvalue weighted by Gasteiger charge is 2.43. The van der Waals surface area contributed by atoms with Gasteiger partial charge in [0.1, 0.15) is 0 Å². The van der Waals surface area contributed by atoms with E-state index in [-0.39, 0.29) is 12.1 Å². The zero-order valence-corrected chi connectivity index (χ0v) is 28.1. The van der Waals surface area contributed by atoms with E-state index in [1.807, 2.05) is 0 Å². The van der Waals surface area contributed by atoms with Crippen LogP contribution in [0.3, 0.4) is 0 Å². The van der Waals surface area contributed by atoms with E-state index in [0.717, 1.165) is 18.2 Å².